The van der Waals surface area contributed by atoms with Crippen molar-refractivity contribution in [1.82, 2.24) is 14.5 Å². The Morgan fingerprint density at radius 3 is 2.03 bits per heavy atom. The summed E-state index contributed by atoms with van der Waals surface area (Å²) in [5.74, 6) is 0.635. The predicted molar refractivity (Wildman–Crippen MR) is 139 cm³/mol. The van der Waals surface area contributed by atoms with E-state index in [-0.39, 0.29) is 0 Å². The highest BCUT2D eigenvalue weighted by atomic mass is 16.3. The molecule has 0 fully saturated rings. The molecule has 0 aliphatic heterocycles. The lowest BCUT2D eigenvalue weighted by atomic mass is 9.98. The summed E-state index contributed by atoms with van der Waals surface area (Å²) in [7, 11) is 0. The van der Waals surface area contributed by atoms with Gasteiger partial charge in [-0.1, -0.05) is 78.9 Å². The van der Waals surface area contributed by atoms with Gasteiger partial charge in [-0.05, 0) is 28.3 Å². The molecule has 0 amide bonds. The maximum atomic E-state index is 6.60. The van der Waals surface area contributed by atoms with Gasteiger partial charge in [-0.25, -0.2) is 9.97 Å². The molecule has 0 N–H and O–H groups in total. The Morgan fingerprint density at radius 1 is 0.529 bits per heavy atom. The highest BCUT2D eigenvalue weighted by Gasteiger charge is 2.24. The van der Waals surface area contributed by atoms with Crippen LogP contribution in [0.5, 0.6) is 0 Å². The van der Waals surface area contributed by atoms with Crippen LogP contribution in [-0.4, -0.2) is 14.5 Å². The van der Waals surface area contributed by atoms with Crippen LogP contribution in [0.15, 0.2) is 108 Å². The van der Waals surface area contributed by atoms with Gasteiger partial charge in [-0.2, -0.15) is 0 Å². The standard InChI is InChI=1S/C30H17N3O/c1-2-9-19-18(8-1)14-15-23-25-20-10-3-4-11-21(20)26-22-12-5-6-13-24(22)34-29(26)28(25)33(27(19)23)30-31-16-7-17-32-30/h1-17H. The molecule has 5 aromatic carbocycles. The van der Waals surface area contributed by atoms with Crippen molar-refractivity contribution < 1.29 is 4.42 Å². The molecule has 3 heterocycles. The molecule has 8 aromatic rings. The minimum Gasteiger partial charge on any atom is -0.454 e. The monoisotopic (exact) mass is 435 g/mol. The van der Waals surface area contributed by atoms with E-state index in [1.165, 1.54) is 21.5 Å². The number of para-hydroxylation sites is 1. The van der Waals surface area contributed by atoms with E-state index in [0.717, 1.165) is 43.7 Å². The number of nitrogens with zero attached hydrogens (tertiary/aromatic N) is 3. The molecule has 4 heteroatoms. The average Bonchev–Trinajstić information content (AvgIpc) is 3.46. The lowest BCUT2D eigenvalue weighted by Gasteiger charge is -2.08. The van der Waals surface area contributed by atoms with Gasteiger partial charge < -0.3 is 4.42 Å². The van der Waals surface area contributed by atoms with Crippen molar-refractivity contribution in [2.24, 2.45) is 0 Å². The first-order valence-corrected chi connectivity index (χ1v) is 11.4. The molecule has 0 saturated carbocycles. The SMILES string of the molecule is c1cnc(-n2c3c4ccccc4ccc3c3c4ccccc4c4c5ccccc5oc4c32)nc1. The molecule has 0 radical (unpaired) electrons. The summed E-state index contributed by atoms with van der Waals surface area (Å²) < 4.78 is 8.79. The molecule has 4 nitrogen and oxygen atoms in total. The van der Waals surface area contributed by atoms with Gasteiger partial charge in [0.25, 0.3) is 0 Å². The third-order valence-electron chi connectivity index (χ3n) is 6.88. The fraction of sp³-hybridized carbons (Fsp3) is 0. The smallest absolute Gasteiger partial charge is 0.234 e. The summed E-state index contributed by atoms with van der Waals surface area (Å²) in [6.07, 6.45) is 3.59. The van der Waals surface area contributed by atoms with Crippen LogP contribution < -0.4 is 0 Å². The van der Waals surface area contributed by atoms with E-state index in [1.54, 1.807) is 12.4 Å². The first kappa shape index (κ1) is 17.8. The van der Waals surface area contributed by atoms with E-state index >= 15 is 0 Å². The van der Waals surface area contributed by atoms with Crippen LogP contribution in [0.2, 0.25) is 0 Å². The second kappa shape index (κ2) is 6.42. The Morgan fingerprint density at radius 2 is 1.21 bits per heavy atom. The lowest BCUT2D eigenvalue weighted by Crippen LogP contribution is -2.00. The summed E-state index contributed by atoms with van der Waals surface area (Å²) in [4.78, 5) is 9.36. The number of fused-ring (bicyclic) bond motifs is 12. The number of hydrogen-bond donors (Lipinski definition) is 0. The van der Waals surface area contributed by atoms with Gasteiger partial charge in [0.05, 0.1) is 5.52 Å². The molecule has 8 rings (SSSR count). The second-order valence-electron chi connectivity index (χ2n) is 8.64. The lowest BCUT2D eigenvalue weighted by molar-refractivity contribution is 0.671. The van der Waals surface area contributed by atoms with Crippen LogP contribution in [0.1, 0.15) is 0 Å². The Hall–Kier alpha value is -4.70. The number of benzene rings is 5. The maximum absolute atomic E-state index is 6.60. The first-order valence-electron chi connectivity index (χ1n) is 11.4. The van der Waals surface area contributed by atoms with E-state index in [2.05, 4.69) is 87.3 Å². The maximum Gasteiger partial charge on any atom is 0.234 e. The van der Waals surface area contributed by atoms with E-state index in [0.29, 0.717) is 5.95 Å². The number of furan rings is 1. The number of rotatable bonds is 1. The van der Waals surface area contributed by atoms with Gasteiger partial charge in [-0.15, -0.1) is 0 Å². The van der Waals surface area contributed by atoms with Gasteiger partial charge >= 0.3 is 0 Å². The number of hydrogen-bond acceptors (Lipinski definition) is 3. The van der Waals surface area contributed by atoms with Gasteiger partial charge in [-0.3, -0.25) is 4.57 Å². The average molecular weight is 435 g/mol. The Balaban J connectivity index is 1.79. The van der Waals surface area contributed by atoms with Crippen molar-refractivity contribution in [3.05, 3.63) is 103 Å². The highest BCUT2D eigenvalue weighted by Crippen LogP contribution is 2.46. The molecule has 0 spiro atoms. The van der Waals surface area contributed by atoms with Crippen LogP contribution in [0.3, 0.4) is 0 Å². The van der Waals surface area contributed by atoms with E-state index in [9.17, 15) is 0 Å². The van der Waals surface area contributed by atoms with Crippen LogP contribution in [-0.2, 0) is 0 Å². The van der Waals surface area contributed by atoms with Gasteiger partial charge in [0.1, 0.15) is 11.1 Å². The van der Waals surface area contributed by atoms with Gasteiger partial charge in [0.15, 0.2) is 5.58 Å². The normalized spacial score (nSPS) is 12.1. The molecule has 34 heavy (non-hydrogen) atoms. The molecule has 3 aromatic heterocycles. The molecule has 0 bridgehead atoms. The topological polar surface area (TPSA) is 43.9 Å². The molecule has 0 aliphatic carbocycles. The zero-order valence-corrected chi connectivity index (χ0v) is 18.1. The highest BCUT2D eigenvalue weighted by molar-refractivity contribution is 6.36. The predicted octanol–water partition coefficient (Wildman–Crippen LogP) is 7.78. The molecule has 0 unspecified atom stereocenters. The van der Waals surface area contributed by atoms with E-state index < -0.39 is 0 Å². The summed E-state index contributed by atoms with van der Waals surface area (Å²) in [6.45, 7) is 0. The van der Waals surface area contributed by atoms with Gasteiger partial charge in [0.2, 0.25) is 5.95 Å². The van der Waals surface area contributed by atoms with Crippen LogP contribution in [0, 0.1) is 0 Å². The zero-order chi connectivity index (χ0) is 22.2. The Kier molecular flexibility index (Phi) is 3.36. The minimum atomic E-state index is 0.635. The summed E-state index contributed by atoms with van der Waals surface area (Å²) in [5.41, 5.74) is 3.84. The molecule has 158 valence electrons. The van der Waals surface area contributed by atoms with Crippen LogP contribution >= 0.6 is 0 Å². The first-order chi connectivity index (χ1) is 16.9. The van der Waals surface area contributed by atoms with Crippen molar-refractivity contribution in [2.75, 3.05) is 0 Å². The summed E-state index contributed by atoms with van der Waals surface area (Å²) in [6, 6.07) is 31.6. The molecule has 0 saturated heterocycles. The number of aromatic nitrogens is 3. The molecule has 0 atom stereocenters. The van der Waals surface area contributed by atoms with Crippen LogP contribution in [0.4, 0.5) is 0 Å². The fourth-order valence-corrected chi connectivity index (χ4v) is 5.54. The summed E-state index contributed by atoms with van der Waals surface area (Å²) >= 11 is 0. The van der Waals surface area contributed by atoms with Crippen molar-refractivity contribution in [3.8, 4) is 5.95 Å². The van der Waals surface area contributed by atoms with E-state index in [1.807, 2.05) is 18.2 Å². The second-order valence-corrected chi connectivity index (χ2v) is 8.64. The van der Waals surface area contributed by atoms with Crippen molar-refractivity contribution >= 4 is 65.3 Å². The van der Waals surface area contributed by atoms with Crippen molar-refractivity contribution in [3.63, 3.8) is 0 Å². The van der Waals surface area contributed by atoms with Gasteiger partial charge in [0, 0.05) is 39.3 Å². The fourth-order valence-electron chi connectivity index (χ4n) is 5.54. The quantitative estimate of drug-likeness (QED) is 0.264. The van der Waals surface area contributed by atoms with E-state index in [4.69, 9.17) is 4.42 Å². The Bertz CT molecular complexity index is 2070. The third-order valence-corrected chi connectivity index (χ3v) is 6.88. The molecule has 0 aliphatic rings. The zero-order valence-electron chi connectivity index (χ0n) is 18.1. The minimum absolute atomic E-state index is 0.635. The summed E-state index contributed by atoms with van der Waals surface area (Å²) in [5, 5.41) is 9.31. The molecular weight excluding hydrogens is 418 g/mol. The third kappa shape index (κ3) is 2.17. The van der Waals surface area contributed by atoms with Crippen molar-refractivity contribution in [1.29, 1.82) is 0 Å². The Labute approximate surface area is 193 Å². The van der Waals surface area contributed by atoms with Crippen molar-refractivity contribution in [2.45, 2.75) is 0 Å². The van der Waals surface area contributed by atoms with Crippen LogP contribution in [0.25, 0.3) is 71.2 Å². The molecular formula is C30H17N3O. The largest absolute Gasteiger partial charge is 0.454 e.